The SMILES string of the molecule is COC(=O)c1cc(C)nc2c1c(=O)[nH]c(=S)n2-c1cccc(C)c1C. The number of aromatic amines is 1. The number of H-pyrrole nitrogens is 1. The Morgan fingerprint density at radius 2 is 2.00 bits per heavy atom. The zero-order valence-corrected chi connectivity index (χ0v) is 15.2. The number of rotatable bonds is 2. The van der Waals surface area contributed by atoms with Gasteiger partial charge in [0.25, 0.3) is 5.56 Å². The van der Waals surface area contributed by atoms with E-state index in [1.54, 1.807) is 17.6 Å². The second kappa shape index (κ2) is 6.25. The van der Waals surface area contributed by atoms with E-state index in [0.717, 1.165) is 16.8 Å². The minimum atomic E-state index is -0.592. The molecule has 3 aromatic rings. The van der Waals surface area contributed by atoms with Crippen LogP contribution < -0.4 is 5.56 Å². The molecule has 0 aliphatic carbocycles. The van der Waals surface area contributed by atoms with Gasteiger partial charge in [0.2, 0.25) is 0 Å². The van der Waals surface area contributed by atoms with Crippen molar-refractivity contribution in [2.24, 2.45) is 0 Å². The van der Waals surface area contributed by atoms with Gasteiger partial charge >= 0.3 is 5.97 Å². The summed E-state index contributed by atoms with van der Waals surface area (Å²) in [7, 11) is 1.28. The molecule has 0 aliphatic rings. The standard InChI is InChI=1S/C18H17N3O3S/c1-9-6-5-7-13(11(9)3)21-15-14(16(22)20-18(21)25)12(17(23)24-4)8-10(2)19-15/h5-8H,1-4H3,(H,20,22,25). The number of ether oxygens (including phenoxy) is 1. The molecule has 0 atom stereocenters. The summed E-state index contributed by atoms with van der Waals surface area (Å²) in [6, 6.07) is 7.35. The Kier molecular flexibility index (Phi) is 4.26. The van der Waals surface area contributed by atoms with Crippen LogP contribution in [0.2, 0.25) is 0 Å². The number of fused-ring (bicyclic) bond motifs is 1. The molecule has 0 saturated carbocycles. The Morgan fingerprint density at radius 3 is 2.68 bits per heavy atom. The monoisotopic (exact) mass is 355 g/mol. The molecular weight excluding hydrogens is 338 g/mol. The summed E-state index contributed by atoms with van der Waals surface area (Å²) in [6.45, 7) is 5.72. The number of hydrogen-bond donors (Lipinski definition) is 1. The number of benzene rings is 1. The lowest BCUT2D eigenvalue weighted by molar-refractivity contribution is 0.0602. The third-order valence-corrected chi connectivity index (χ3v) is 4.50. The zero-order chi connectivity index (χ0) is 18.3. The van der Waals surface area contributed by atoms with E-state index in [0.29, 0.717) is 11.3 Å². The fraction of sp³-hybridized carbons (Fsp3) is 0.222. The van der Waals surface area contributed by atoms with E-state index >= 15 is 0 Å². The first-order chi connectivity index (χ1) is 11.8. The summed E-state index contributed by atoms with van der Waals surface area (Å²) in [6.07, 6.45) is 0. The fourth-order valence-electron chi connectivity index (χ4n) is 2.83. The quantitative estimate of drug-likeness (QED) is 0.564. The molecule has 1 N–H and O–H groups in total. The van der Waals surface area contributed by atoms with Crippen molar-refractivity contribution in [1.29, 1.82) is 0 Å². The predicted molar refractivity (Wildman–Crippen MR) is 98.1 cm³/mol. The molecule has 0 aliphatic heterocycles. The lowest BCUT2D eigenvalue weighted by atomic mass is 10.1. The number of aryl methyl sites for hydroxylation is 2. The van der Waals surface area contributed by atoms with Crippen molar-refractivity contribution in [1.82, 2.24) is 14.5 Å². The number of methoxy groups -OCH3 is 1. The molecule has 0 fully saturated rings. The van der Waals surface area contributed by atoms with E-state index in [-0.39, 0.29) is 15.7 Å². The Morgan fingerprint density at radius 1 is 1.28 bits per heavy atom. The lowest BCUT2D eigenvalue weighted by Crippen LogP contribution is -2.19. The van der Waals surface area contributed by atoms with Gasteiger partial charge < -0.3 is 4.74 Å². The number of carbonyl (C=O) groups is 1. The molecule has 0 amide bonds. The molecule has 2 aromatic heterocycles. The van der Waals surface area contributed by atoms with Crippen LogP contribution in [0, 0.1) is 25.5 Å². The first kappa shape index (κ1) is 17.0. The van der Waals surface area contributed by atoms with E-state index in [1.165, 1.54) is 7.11 Å². The average Bonchev–Trinajstić information content (AvgIpc) is 2.56. The number of esters is 1. The highest BCUT2D eigenvalue weighted by Gasteiger charge is 2.19. The predicted octanol–water partition coefficient (Wildman–Crippen LogP) is 3.16. The summed E-state index contributed by atoms with van der Waals surface area (Å²) >= 11 is 5.38. The van der Waals surface area contributed by atoms with Crippen LogP contribution in [0.1, 0.15) is 27.2 Å². The Labute approximate surface area is 149 Å². The van der Waals surface area contributed by atoms with Crippen molar-refractivity contribution in [3.63, 3.8) is 0 Å². The van der Waals surface area contributed by atoms with Crippen molar-refractivity contribution in [3.8, 4) is 5.69 Å². The van der Waals surface area contributed by atoms with E-state index in [1.807, 2.05) is 32.0 Å². The van der Waals surface area contributed by atoms with Crippen LogP contribution in [0.3, 0.4) is 0 Å². The summed E-state index contributed by atoms with van der Waals surface area (Å²) in [5.41, 5.74) is 3.53. The van der Waals surface area contributed by atoms with Gasteiger partial charge in [-0.25, -0.2) is 9.78 Å². The number of nitrogens with zero attached hydrogens (tertiary/aromatic N) is 2. The van der Waals surface area contributed by atoms with Gasteiger partial charge in [0, 0.05) is 5.69 Å². The Hall–Kier alpha value is -2.80. The molecule has 25 heavy (non-hydrogen) atoms. The molecule has 0 unspecified atom stereocenters. The number of carbonyl (C=O) groups excluding carboxylic acids is 1. The second-order valence-electron chi connectivity index (χ2n) is 5.82. The third kappa shape index (κ3) is 2.76. The Bertz CT molecular complexity index is 1130. The van der Waals surface area contributed by atoms with Crippen molar-refractivity contribution >= 4 is 29.2 Å². The van der Waals surface area contributed by atoms with Crippen LogP contribution in [0.5, 0.6) is 0 Å². The fourth-order valence-corrected chi connectivity index (χ4v) is 3.10. The summed E-state index contributed by atoms with van der Waals surface area (Å²) in [5, 5.41) is 0.159. The lowest BCUT2D eigenvalue weighted by Gasteiger charge is -2.15. The van der Waals surface area contributed by atoms with Gasteiger partial charge in [-0.05, 0) is 56.2 Å². The highest BCUT2D eigenvalue weighted by Crippen LogP contribution is 2.23. The second-order valence-corrected chi connectivity index (χ2v) is 6.20. The first-order valence-corrected chi connectivity index (χ1v) is 8.07. The number of hydrogen-bond acceptors (Lipinski definition) is 5. The largest absolute Gasteiger partial charge is 0.465 e. The molecular formula is C18H17N3O3S. The summed E-state index contributed by atoms with van der Waals surface area (Å²) in [4.78, 5) is 31.8. The van der Waals surface area contributed by atoms with Crippen molar-refractivity contribution in [2.45, 2.75) is 20.8 Å². The van der Waals surface area contributed by atoms with Gasteiger partial charge in [-0.3, -0.25) is 14.3 Å². The van der Waals surface area contributed by atoms with E-state index in [2.05, 4.69) is 9.97 Å². The van der Waals surface area contributed by atoms with E-state index in [9.17, 15) is 9.59 Å². The van der Waals surface area contributed by atoms with Crippen LogP contribution in [0.4, 0.5) is 0 Å². The van der Waals surface area contributed by atoms with Crippen LogP contribution in [0.15, 0.2) is 29.1 Å². The van der Waals surface area contributed by atoms with Gasteiger partial charge in [0.05, 0.1) is 23.7 Å². The van der Waals surface area contributed by atoms with Gasteiger partial charge in [0.15, 0.2) is 10.4 Å². The van der Waals surface area contributed by atoms with Gasteiger partial charge in [-0.1, -0.05) is 12.1 Å². The number of aromatic nitrogens is 3. The van der Waals surface area contributed by atoms with Gasteiger partial charge in [0.1, 0.15) is 0 Å². The van der Waals surface area contributed by atoms with Crippen molar-refractivity contribution in [2.75, 3.05) is 7.11 Å². The number of pyridine rings is 1. The smallest absolute Gasteiger partial charge is 0.338 e. The summed E-state index contributed by atoms with van der Waals surface area (Å²) in [5.74, 6) is -0.592. The van der Waals surface area contributed by atoms with E-state index in [4.69, 9.17) is 17.0 Å². The molecule has 0 saturated heterocycles. The molecule has 7 heteroatoms. The first-order valence-electron chi connectivity index (χ1n) is 7.66. The average molecular weight is 355 g/mol. The third-order valence-electron chi connectivity index (χ3n) is 4.21. The minimum Gasteiger partial charge on any atom is -0.465 e. The van der Waals surface area contributed by atoms with Gasteiger partial charge in [-0.2, -0.15) is 0 Å². The molecule has 1 aromatic carbocycles. The molecule has 2 heterocycles. The molecule has 0 spiro atoms. The molecule has 3 rings (SSSR count). The van der Waals surface area contributed by atoms with Crippen LogP contribution in [-0.4, -0.2) is 27.6 Å². The maximum absolute atomic E-state index is 12.5. The maximum Gasteiger partial charge on any atom is 0.338 e. The van der Waals surface area contributed by atoms with Crippen LogP contribution in [0.25, 0.3) is 16.7 Å². The van der Waals surface area contributed by atoms with Gasteiger partial charge in [-0.15, -0.1) is 0 Å². The maximum atomic E-state index is 12.5. The molecule has 128 valence electrons. The molecule has 0 bridgehead atoms. The minimum absolute atomic E-state index is 0.159. The normalized spacial score (nSPS) is 10.9. The van der Waals surface area contributed by atoms with Crippen molar-refractivity contribution in [3.05, 3.63) is 61.8 Å². The highest BCUT2D eigenvalue weighted by molar-refractivity contribution is 7.71. The molecule has 6 nitrogen and oxygen atoms in total. The topological polar surface area (TPSA) is 77.0 Å². The Balaban J connectivity index is 2.56. The highest BCUT2D eigenvalue weighted by atomic mass is 32.1. The molecule has 0 radical (unpaired) electrons. The van der Waals surface area contributed by atoms with Crippen LogP contribution in [-0.2, 0) is 4.74 Å². The zero-order valence-electron chi connectivity index (χ0n) is 14.3. The van der Waals surface area contributed by atoms with E-state index < -0.39 is 11.5 Å². The van der Waals surface area contributed by atoms with Crippen molar-refractivity contribution < 1.29 is 9.53 Å². The van der Waals surface area contributed by atoms with Crippen LogP contribution >= 0.6 is 12.2 Å². The summed E-state index contributed by atoms with van der Waals surface area (Å²) < 4.78 is 6.73. The number of nitrogens with one attached hydrogen (secondary N) is 1.